The molecule has 10 heteroatoms. The van der Waals surface area contributed by atoms with Gasteiger partial charge < -0.3 is 25.7 Å². The molecule has 3 rings (SSSR count). The highest BCUT2D eigenvalue weighted by molar-refractivity contribution is 14.1. The minimum absolute atomic E-state index is 0.0311. The molecule has 0 radical (unpaired) electrons. The van der Waals surface area contributed by atoms with Crippen molar-refractivity contribution in [2.24, 2.45) is 0 Å². The van der Waals surface area contributed by atoms with Crippen LogP contribution in [0.3, 0.4) is 0 Å². The molecule has 1 aliphatic heterocycles. The van der Waals surface area contributed by atoms with Crippen LogP contribution in [0.2, 0.25) is 0 Å². The van der Waals surface area contributed by atoms with Gasteiger partial charge in [-0.15, -0.1) is 0 Å². The van der Waals surface area contributed by atoms with Gasteiger partial charge in [-0.05, 0) is 66.8 Å². The van der Waals surface area contributed by atoms with Gasteiger partial charge in [0.05, 0.1) is 36.6 Å². The van der Waals surface area contributed by atoms with Crippen molar-refractivity contribution in [2.45, 2.75) is 25.0 Å². The number of aliphatic hydroxyl groups excluding tert-OH is 1. The Hall–Kier alpha value is -1.89. The van der Waals surface area contributed by atoms with Gasteiger partial charge in [-0.25, -0.2) is 13.2 Å². The molecule has 1 aliphatic rings. The molecule has 0 bridgehead atoms. The number of hydrogen-bond acceptors (Lipinski definition) is 5. The molecule has 1 saturated heterocycles. The standard InChI is InChI=1S/C21H23F3IN3O3/c1-20(2,11-29)26-8-21(31)9-28(10-21)19(30)13-4-5-14(22)17(24)18(13)27-16-6-3-12(25)7-15(16)23/h3-7,26-27,29,31H,8-11H2,1-2H3. The van der Waals surface area contributed by atoms with Crippen molar-refractivity contribution >= 4 is 39.9 Å². The zero-order chi connectivity index (χ0) is 23.0. The Morgan fingerprint density at radius 2 is 1.87 bits per heavy atom. The predicted molar refractivity (Wildman–Crippen MR) is 119 cm³/mol. The monoisotopic (exact) mass is 549 g/mol. The predicted octanol–water partition coefficient (Wildman–Crippen LogP) is 3.00. The molecule has 0 aliphatic carbocycles. The third-order valence-electron chi connectivity index (χ3n) is 5.06. The summed E-state index contributed by atoms with van der Waals surface area (Å²) >= 11 is 1.92. The van der Waals surface area contributed by atoms with Crippen molar-refractivity contribution in [3.05, 3.63) is 56.9 Å². The number of nitrogens with zero attached hydrogens (tertiary/aromatic N) is 1. The van der Waals surface area contributed by atoms with Gasteiger partial charge in [0.1, 0.15) is 11.4 Å². The molecular weight excluding hydrogens is 526 g/mol. The molecule has 4 N–H and O–H groups in total. The Labute approximate surface area is 191 Å². The average molecular weight is 549 g/mol. The number of anilines is 2. The van der Waals surface area contributed by atoms with Crippen molar-refractivity contribution < 1.29 is 28.2 Å². The molecule has 2 aromatic rings. The molecule has 1 fully saturated rings. The largest absolute Gasteiger partial charge is 0.394 e. The molecule has 2 aromatic carbocycles. The molecular formula is C21H23F3IN3O3. The van der Waals surface area contributed by atoms with Gasteiger partial charge in [0.15, 0.2) is 11.6 Å². The lowest BCUT2D eigenvalue weighted by atomic mass is 9.91. The van der Waals surface area contributed by atoms with Gasteiger partial charge >= 0.3 is 0 Å². The molecule has 0 atom stereocenters. The maximum absolute atomic E-state index is 14.5. The van der Waals surface area contributed by atoms with E-state index in [2.05, 4.69) is 10.6 Å². The SMILES string of the molecule is CC(C)(CO)NCC1(O)CN(C(=O)c2ccc(F)c(F)c2Nc2ccc(I)cc2F)C1. The zero-order valence-electron chi connectivity index (χ0n) is 17.0. The van der Waals surface area contributed by atoms with E-state index in [1.54, 1.807) is 19.9 Å². The van der Waals surface area contributed by atoms with Crippen LogP contribution in [0, 0.1) is 21.0 Å². The first kappa shape index (κ1) is 23.8. The van der Waals surface area contributed by atoms with Gasteiger partial charge in [0.2, 0.25) is 0 Å². The first-order chi connectivity index (χ1) is 14.4. The maximum atomic E-state index is 14.5. The number of rotatable bonds is 7. The van der Waals surface area contributed by atoms with E-state index in [-0.39, 0.29) is 37.5 Å². The number of amides is 1. The van der Waals surface area contributed by atoms with Gasteiger partial charge in [0.25, 0.3) is 5.91 Å². The quantitative estimate of drug-likeness (QED) is 0.400. The number of nitrogens with one attached hydrogen (secondary N) is 2. The third-order valence-corrected chi connectivity index (χ3v) is 5.74. The maximum Gasteiger partial charge on any atom is 0.256 e. The van der Waals surface area contributed by atoms with Crippen molar-refractivity contribution in [1.29, 1.82) is 0 Å². The lowest BCUT2D eigenvalue weighted by Gasteiger charge is -2.47. The number of benzene rings is 2. The Morgan fingerprint density at radius 1 is 1.19 bits per heavy atom. The number of hydrogen-bond donors (Lipinski definition) is 4. The van der Waals surface area contributed by atoms with E-state index in [1.807, 2.05) is 22.6 Å². The second kappa shape index (κ2) is 8.93. The summed E-state index contributed by atoms with van der Waals surface area (Å²) < 4.78 is 43.2. The summed E-state index contributed by atoms with van der Waals surface area (Å²) in [7, 11) is 0. The molecule has 1 amide bonds. The highest BCUT2D eigenvalue weighted by Crippen LogP contribution is 2.31. The normalized spacial score (nSPS) is 15.5. The van der Waals surface area contributed by atoms with E-state index in [1.165, 1.54) is 17.0 Å². The second-order valence-electron chi connectivity index (χ2n) is 8.31. The lowest BCUT2D eigenvalue weighted by Crippen LogP contribution is -2.68. The highest BCUT2D eigenvalue weighted by atomic mass is 127. The van der Waals surface area contributed by atoms with E-state index in [0.717, 1.165) is 12.1 Å². The molecule has 1 heterocycles. The zero-order valence-corrected chi connectivity index (χ0v) is 19.1. The molecule has 6 nitrogen and oxygen atoms in total. The van der Waals surface area contributed by atoms with Crippen molar-refractivity contribution in [3.63, 3.8) is 0 Å². The summed E-state index contributed by atoms with van der Waals surface area (Å²) in [6.07, 6.45) is 0. The third kappa shape index (κ3) is 5.30. The summed E-state index contributed by atoms with van der Waals surface area (Å²) in [4.78, 5) is 14.2. The molecule has 0 saturated carbocycles. The van der Waals surface area contributed by atoms with Crippen molar-refractivity contribution in [1.82, 2.24) is 10.2 Å². The molecule has 31 heavy (non-hydrogen) atoms. The van der Waals surface area contributed by atoms with Crippen molar-refractivity contribution in [2.75, 3.05) is 31.6 Å². The molecule has 0 unspecified atom stereocenters. The number of aliphatic hydroxyl groups is 2. The fourth-order valence-electron chi connectivity index (χ4n) is 3.13. The van der Waals surface area contributed by atoms with Gasteiger partial charge in [-0.1, -0.05) is 0 Å². The van der Waals surface area contributed by atoms with Crippen LogP contribution in [-0.2, 0) is 0 Å². The first-order valence-corrected chi connectivity index (χ1v) is 10.6. The van der Waals surface area contributed by atoms with Gasteiger partial charge in [-0.2, -0.15) is 0 Å². The molecule has 0 aromatic heterocycles. The Morgan fingerprint density at radius 3 is 2.48 bits per heavy atom. The van der Waals surface area contributed by atoms with Crippen LogP contribution in [0.1, 0.15) is 24.2 Å². The fraction of sp³-hybridized carbons (Fsp3) is 0.381. The molecule has 168 valence electrons. The first-order valence-electron chi connectivity index (χ1n) is 9.52. The van der Waals surface area contributed by atoms with Gasteiger partial charge in [0, 0.05) is 15.7 Å². The second-order valence-corrected chi connectivity index (χ2v) is 9.56. The van der Waals surface area contributed by atoms with E-state index < -0.39 is 40.2 Å². The van der Waals surface area contributed by atoms with E-state index in [4.69, 9.17) is 0 Å². The summed E-state index contributed by atoms with van der Waals surface area (Å²) in [5.41, 5.74) is -2.57. The van der Waals surface area contributed by atoms with Crippen LogP contribution in [0.4, 0.5) is 24.5 Å². The number of carbonyl (C=O) groups excluding carboxylic acids is 1. The van der Waals surface area contributed by atoms with Crippen LogP contribution in [0.5, 0.6) is 0 Å². The Bertz CT molecular complexity index is 997. The van der Waals surface area contributed by atoms with Crippen LogP contribution < -0.4 is 10.6 Å². The van der Waals surface area contributed by atoms with Crippen LogP contribution in [0.25, 0.3) is 0 Å². The summed E-state index contributed by atoms with van der Waals surface area (Å²) in [6.45, 7) is 3.47. The summed E-state index contributed by atoms with van der Waals surface area (Å²) in [5, 5.41) is 25.4. The minimum atomic E-state index is -1.30. The van der Waals surface area contributed by atoms with Crippen LogP contribution in [-0.4, -0.2) is 58.4 Å². The number of halogens is 4. The molecule has 0 spiro atoms. The smallest absolute Gasteiger partial charge is 0.256 e. The van der Waals surface area contributed by atoms with E-state index in [9.17, 15) is 28.2 Å². The van der Waals surface area contributed by atoms with Crippen LogP contribution >= 0.6 is 22.6 Å². The lowest BCUT2D eigenvalue weighted by molar-refractivity contribution is -0.0825. The van der Waals surface area contributed by atoms with E-state index >= 15 is 0 Å². The highest BCUT2D eigenvalue weighted by Gasteiger charge is 2.45. The Kier molecular flexibility index (Phi) is 6.84. The number of carbonyl (C=O) groups is 1. The van der Waals surface area contributed by atoms with Gasteiger partial charge in [-0.3, -0.25) is 4.79 Å². The van der Waals surface area contributed by atoms with Crippen molar-refractivity contribution in [3.8, 4) is 0 Å². The van der Waals surface area contributed by atoms with E-state index in [0.29, 0.717) is 3.57 Å². The summed E-state index contributed by atoms with van der Waals surface area (Å²) in [6, 6.07) is 6.12. The summed E-state index contributed by atoms with van der Waals surface area (Å²) in [5.74, 6) is -3.78. The average Bonchev–Trinajstić information content (AvgIpc) is 2.69. The van der Waals surface area contributed by atoms with Crippen LogP contribution in [0.15, 0.2) is 30.3 Å². The minimum Gasteiger partial charge on any atom is -0.394 e. The number of likely N-dealkylation sites (tertiary alicyclic amines) is 1. The Balaban J connectivity index is 1.79. The topological polar surface area (TPSA) is 84.8 Å². The number of β-amino-alcohol motifs (C(OH)–C–C–N with tert-alkyl or cyclic N) is 1. The fourth-order valence-corrected chi connectivity index (χ4v) is 3.58.